The molecule has 1 unspecified atom stereocenters. The Morgan fingerprint density at radius 2 is 2.21 bits per heavy atom. The van der Waals surface area contributed by atoms with E-state index < -0.39 is 36.6 Å². The minimum absolute atomic E-state index is 0.0494. The maximum atomic E-state index is 13.2. The van der Waals surface area contributed by atoms with Crippen LogP contribution in [0.3, 0.4) is 0 Å². The molecule has 1 N–H and O–H groups in total. The topological polar surface area (TPSA) is 86.4 Å². The SMILES string of the molecule is CCOC(=O)c1cnn(CC(=O)NC(C)c2ccco2)c1C(F)F. The van der Waals surface area contributed by atoms with E-state index in [-0.39, 0.29) is 12.2 Å². The fraction of sp³-hybridized carbons (Fsp3) is 0.400. The molecule has 0 bridgehead atoms. The quantitative estimate of drug-likeness (QED) is 0.782. The Hall–Kier alpha value is -2.71. The van der Waals surface area contributed by atoms with E-state index in [4.69, 9.17) is 9.15 Å². The molecule has 0 aliphatic rings. The summed E-state index contributed by atoms with van der Waals surface area (Å²) in [4.78, 5) is 23.7. The minimum atomic E-state index is -2.97. The van der Waals surface area contributed by atoms with Crippen molar-refractivity contribution in [2.24, 2.45) is 0 Å². The van der Waals surface area contributed by atoms with E-state index in [2.05, 4.69) is 10.4 Å². The molecule has 0 radical (unpaired) electrons. The van der Waals surface area contributed by atoms with Gasteiger partial charge in [0.25, 0.3) is 6.43 Å². The summed E-state index contributed by atoms with van der Waals surface area (Å²) >= 11 is 0. The molecule has 0 aliphatic heterocycles. The number of nitrogens with zero attached hydrogens (tertiary/aromatic N) is 2. The lowest BCUT2D eigenvalue weighted by Gasteiger charge is -2.13. The highest BCUT2D eigenvalue weighted by atomic mass is 19.3. The second kappa shape index (κ2) is 7.71. The van der Waals surface area contributed by atoms with Gasteiger partial charge in [-0.1, -0.05) is 0 Å². The summed E-state index contributed by atoms with van der Waals surface area (Å²) in [5, 5.41) is 6.31. The first-order valence-corrected chi connectivity index (χ1v) is 7.27. The Balaban J connectivity index is 2.11. The van der Waals surface area contributed by atoms with Crippen molar-refractivity contribution in [3.63, 3.8) is 0 Å². The number of halogens is 2. The summed E-state index contributed by atoms with van der Waals surface area (Å²) in [6, 6.07) is 2.93. The Bertz CT molecular complexity index is 698. The smallest absolute Gasteiger partial charge is 0.341 e. The van der Waals surface area contributed by atoms with Gasteiger partial charge >= 0.3 is 5.97 Å². The van der Waals surface area contributed by atoms with E-state index in [9.17, 15) is 18.4 Å². The van der Waals surface area contributed by atoms with E-state index >= 15 is 0 Å². The van der Waals surface area contributed by atoms with Crippen LogP contribution in [0.5, 0.6) is 0 Å². The molecule has 0 fully saturated rings. The molecular formula is C15H17F2N3O4. The van der Waals surface area contributed by atoms with Gasteiger partial charge in [-0.3, -0.25) is 9.48 Å². The van der Waals surface area contributed by atoms with Gasteiger partial charge in [0.05, 0.1) is 25.1 Å². The second-order valence-corrected chi connectivity index (χ2v) is 4.93. The van der Waals surface area contributed by atoms with Crippen LogP contribution in [0.1, 0.15) is 48.1 Å². The number of ether oxygens (including phenoxy) is 1. The van der Waals surface area contributed by atoms with Gasteiger partial charge in [0.15, 0.2) is 0 Å². The molecule has 24 heavy (non-hydrogen) atoms. The summed E-state index contributed by atoms with van der Waals surface area (Å²) in [6.45, 7) is 2.85. The van der Waals surface area contributed by atoms with E-state index in [1.807, 2.05) is 0 Å². The lowest BCUT2D eigenvalue weighted by Crippen LogP contribution is -2.31. The average molecular weight is 341 g/mol. The summed E-state index contributed by atoms with van der Waals surface area (Å²) < 4.78 is 37.1. The number of esters is 1. The molecule has 1 amide bonds. The molecule has 2 aromatic heterocycles. The van der Waals surface area contributed by atoms with Crippen LogP contribution < -0.4 is 5.32 Å². The highest BCUT2D eigenvalue weighted by Crippen LogP contribution is 2.23. The predicted octanol–water partition coefficient (Wildman–Crippen LogP) is 2.47. The molecule has 9 heteroatoms. The number of carbonyl (C=O) groups excluding carboxylic acids is 2. The molecule has 130 valence electrons. The third-order valence-electron chi connectivity index (χ3n) is 3.22. The monoisotopic (exact) mass is 341 g/mol. The fourth-order valence-corrected chi connectivity index (χ4v) is 2.15. The first-order chi connectivity index (χ1) is 11.4. The summed E-state index contributed by atoms with van der Waals surface area (Å²) in [6.07, 6.45) is -0.531. The highest BCUT2D eigenvalue weighted by molar-refractivity contribution is 5.90. The fourth-order valence-electron chi connectivity index (χ4n) is 2.15. The van der Waals surface area contributed by atoms with Crippen LogP contribution in [-0.2, 0) is 16.1 Å². The summed E-state index contributed by atoms with van der Waals surface area (Å²) in [5.74, 6) is -0.909. The lowest BCUT2D eigenvalue weighted by atomic mass is 10.2. The highest BCUT2D eigenvalue weighted by Gasteiger charge is 2.26. The molecule has 1 atom stereocenters. The molecule has 0 spiro atoms. The molecular weight excluding hydrogens is 324 g/mol. The van der Waals surface area contributed by atoms with Crippen LogP contribution in [0.25, 0.3) is 0 Å². The van der Waals surface area contributed by atoms with E-state index in [1.165, 1.54) is 6.26 Å². The van der Waals surface area contributed by atoms with E-state index in [1.54, 1.807) is 26.0 Å². The molecule has 0 aliphatic carbocycles. The van der Waals surface area contributed by atoms with Crippen molar-refractivity contribution < 1.29 is 27.5 Å². The number of rotatable bonds is 7. The predicted molar refractivity (Wildman–Crippen MR) is 78.4 cm³/mol. The molecule has 2 heterocycles. The maximum absolute atomic E-state index is 13.2. The summed E-state index contributed by atoms with van der Waals surface area (Å²) in [7, 11) is 0. The Morgan fingerprint density at radius 1 is 1.46 bits per heavy atom. The molecule has 2 aromatic rings. The van der Waals surface area contributed by atoms with Crippen molar-refractivity contribution in [1.82, 2.24) is 15.1 Å². The van der Waals surface area contributed by atoms with Gasteiger partial charge in [0.1, 0.15) is 23.6 Å². The van der Waals surface area contributed by atoms with Crippen molar-refractivity contribution in [3.8, 4) is 0 Å². The number of carbonyl (C=O) groups is 2. The normalized spacial score (nSPS) is 12.2. The van der Waals surface area contributed by atoms with E-state index in [0.29, 0.717) is 5.76 Å². The van der Waals surface area contributed by atoms with Crippen LogP contribution in [0.2, 0.25) is 0 Å². The standard InChI is InChI=1S/C15H17F2N3O4/c1-3-23-15(22)10-7-18-20(13(10)14(16)17)8-12(21)19-9(2)11-5-4-6-24-11/h4-7,9,14H,3,8H2,1-2H3,(H,19,21). The van der Waals surface area contributed by atoms with Gasteiger partial charge in [-0.2, -0.15) is 5.10 Å². The molecule has 0 aromatic carbocycles. The van der Waals surface area contributed by atoms with E-state index in [0.717, 1.165) is 10.9 Å². The van der Waals surface area contributed by atoms with Gasteiger partial charge in [0, 0.05) is 0 Å². The average Bonchev–Trinajstić information content (AvgIpc) is 3.16. The number of furan rings is 1. The Morgan fingerprint density at radius 3 is 2.79 bits per heavy atom. The first-order valence-electron chi connectivity index (χ1n) is 7.27. The summed E-state index contributed by atoms with van der Waals surface area (Å²) in [5.41, 5.74) is -0.993. The lowest BCUT2D eigenvalue weighted by molar-refractivity contribution is -0.122. The number of nitrogens with one attached hydrogen (secondary N) is 1. The number of amides is 1. The van der Waals surface area contributed by atoms with Gasteiger partial charge in [-0.25, -0.2) is 13.6 Å². The Kier molecular flexibility index (Phi) is 5.67. The largest absolute Gasteiger partial charge is 0.467 e. The molecule has 0 saturated heterocycles. The first kappa shape index (κ1) is 17.6. The molecule has 7 nitrogen and oxygen atoms in total. The Labute approximate surface area is 136 Å². The zero-order valence-electron chi connectivity index (χ0n) is 13.2. The number of alkyl halides is 2. The van der Waals surface area contributed by atoms with Gasteiger partial charge in [-0.05, 0) is 26.0 Å². The van der Waals surface area contributed by atoms with Crippen molar-refractivity contribution in [2.75, 3.05) is 6.61 Å². The van der Waals surface area contributed by atoms with Crippen LogP contribution in [-0.4, -0.2) is 28.3 Å². The molecule has 0 saturated carbocycles. The van der Waals surface area contributed by atoms with Gasteiger partial charge in [0.2, 0.25) is 5.91 Å². The van der Waals surface area contributed by atoms with Gasteiger partial charge < -0.3 is 14.5 Å². The minimum Gasteiger partial charge on any atom is -0.467 e. The second-order valence-electron chi connectivity index (χ2n) is 4.93. The number of aromatic nitrogens is 2. The van der Waals surface area contributed by atoms with Crippen molar-refractivity contribution in [2.45, 2.75) is 32.9 Å². The third-order valence-corrected chi connectivity index (χ3v) is 3.22. The maximum Gasteiger partial charge on any atom is 0.341 e. The number of hydrogen-bond acceptors (Lipinski definition) is 5. The van der Waals surface area contributed by atoms with Crippen molar-refractivity contribution in [3.05, 3.63) is 41.6 Å². The van der Waals surface area contributed by atoms with Crippen LogP contribution in [0, 0.1) is 0 Å². The third kappa shape index (κ3) is 3.98. The van der Waals surface area contributed by atoms with Crippen LogP contribution in [0.4, 0.5) is 8.78 Å². The zero-order valence-corrected chi connectivity index (χ0v) is 13.2. The zero-order chi connectivity index (χ0) is 17.7. The van der Waals surface area contributed by atoms with Gasteiger partial charge in [-0.15, -0.1) is 0 Å². The molecule has 2 rings (SSSR count). The van der Waals surface area contributed by atoms with Crippen LogP contribution >= 0.6 is 0 Å². The number of hydrogen-bond donors (Lipinski definition) is 1. The van der Waals surface area contributed by atoms with Crippen LogP contribution in [0.15, 0.2) is 29.0 Å². The van der Waals surface area contributed by atoms with Crippen molar-refractivity contribution in [1.29, 1.82) is 0 Å². The van der Waals surface area contributed by atoms with Crippen molar-refractivity contribution >= 4 is 11.9 Å².